The van der Waals surface area contributed by atoms with Gasteiger partial charge in [0.25, 0.3) is 5.91 Å². The monoisotopic (exact) mass is 186 g/mol. The summed E-state index contributed by atoms with van der Waals surface area (Å²) < 4.78 is 0. The molecule has 5 N–H and O–H groups in total. The van der Waals surface area contributed by atoms with Crippen LogP contribution in [0, 0.1) is 0 Å². The minimum Gasteiger partial charge on any atom is -0.342 e. The van der Waals surface area contributed by atoms with Crippen molar-refractivity contribution in [3.8, 4) is 0 Å². The number of imide groups is 1. The molecular weight excluding hydrogens is 176 g/mol. The van der Waals surface area contributed by atoms with Crippen LogP contribution in [0.15, 0.2) is 0 Å². The van der Waals surface area contributed by atoms with Crippen LogP contribution in [-0.2, 0) is 9.59 Å². The van der Waals surface area contributed by atoms with Gasteiger partial charge in [-0.2, -0.15) is 0 Å². The number of carbonyl (C=O) groups is 3. The Balaban J connectivity index is 2.67. The van der Waals surface area contributed by atoms with Crippen molar-refractivity contribution in [1.82, 2.24) is 16.0 Å². The molecule has 2 atom stereocenters. The van der Waals surface area contributed by atoms with Gasteiger partial charge in [-0.15, -0.1) is 0 Å². The smallest absolute Gasteiger partial charge is 0.322 e. The first-order valence-electron chi connectivity index (χ1n) is 3.65. The van der Waals surface area contributed by atoms with Gasteiger partial charge in [-0.3, -0.25) is 14.9 Å². The van der Waals surface area contributed by atoms with Crippen molar-refractivity contribution in [3.05, 3.63) is 0 Å². The first kappa shape index (κ1) is 9.46. The summed E-state index contributed by atoms with van der Waals surface area (Å²) in [5, 5.41) is 6.55. The van der Waals surface area contributed by atoms with E-state index in [2.05, 4.69) is 10.6 Å². The largest absolute Gasteiger partial charge is 0.342 e. The van der Waals surface area contributed by atoms with E-state index in [1.165, 1.54) is 6.92 Å². The number of urea groups is 1. The van der Waals surface area contributed by atoms with Crippen LogP contribution in [0.5, 0.6) is 0 Å². The molecule has 0 spiro atoms. The zero-order valence-corrected chi connectivity index (χ0v) is 6.96. The molecule has 1 heterocycles. The van der Waals surface area contributed by atoms with Gasteiger partial charge in [-0.25, -0.2) is 4.79 Å². The Kier molecular flexibility index (Phi) is 2.47. The SMILES string of the molecule is CC(=O)N[C@H]1C(=O)NC(=O)N[C@H]1N. The van der Waals surface area contributed by atoms with E-state index in [1.807, 2.05) is 5.32 Å². The fraction of sp³-hybridized carbons (Fsp3) is 0.500. The molecule has 0 aromatic carbocycles. The summed E-state index contributed by atoms with van der Waals surface area (Å²) in [5.74, 6) is -0.988. The minimum atomic E-state index is -0.907. The first-order valence-corrected chi connectivity index (χ1v) is 3.65. The highest BCUT2D eigenvalue weighted by molar-refractivity contribution is 6.01. The molecule has 0 aromatic rings. The number of hydrogen-bond donors (Lipinski definition) is 4. The van der Waals surface area contributed by atoms with Gasteiger partial charge in [0, 0.05) is 6.92 Å². The van der Waals surface area contributed by atoms with E-state index in [0.29, 0.717) is 0 Å². The van der Waals surface area contributed by atoms with Crippen LogP contribution in [0.1, 0.15) is 6.92 Å². The predicted octanol–water partition coefficient (Wildman–Crippen LogP) is -2.38. The van der Waals surface area contributed by atoms with Crippen molar-refractivity contribution in [2.24, 2.45) is 5.73 Å². The van der Waals surface area contributed by atoms with E-state index in [1.54, 1.807) is 0 Å². The van der Waals surface area contributed by atoms with Gasteiger partial charge >= 0.3 is 6.03 Å². The number of carbonyl (C=O) groups excluding carboxylic acids is 3. The second-order valence-electron chi connectivity index (χ2n) is 2.67. The molecule has 7 heteroatoms. The zero-order chi connectivity index (χ0) is 10.0. The van der Waals surface area contributed by atoms with Crippen LogP contribution < -0.4 is 21.7 Å². The number of hydrogen-bond acceptors (Lipinski definition) is 4. The molecule has 1 fully saturated rings. The van der Waals surface area contributed by atoms with E-state index in [4.69, 9.17) is 5.73 Å². The minimum absolute atomic E-state index is 0.383. The van der Waals surface area contributed by atoms with E-state index in [0.717, 1.165) is 0 Å². The quantitative estimate of drug-likeness (QED) is 0.366. The van der Waals surface area contributed by atoms with Crippen LogP contribution in [0.2, 0.25) is 0 Å². The summed E-state index contributed by atoms with van der Waals surface area (Å²) in [4.78, 5) is 32.4. The third-order valence-corrected chi connectivity index (χ3v) is 1.53. The highest BCUT2D eigenvalue weighted by Crippen LogP contribution is 1.94. The average Bonchev–Trinajstić information content (AvgIpc) is 1.96. The van der Waals surface area contributed by atoms with Gasteiger partial charge in [-0.05, 0) is 0 Å². The molecule has 0 saturated carbocycles. The van der Waals surface area contributed by atoms with E-state index in [-0.39, 0.29) is 5.91 Å². The lowest BCUT2D eigenvalue weighted by Gasteiger charge is -2.28. The highest BCUT2D eigenvalue weighted by atomic mass is 16.2. The Bertz CT molecular complexity index is 265. The van der Waals surface area contributed by atoms with E-state index < -0.39 is 24.1 Å². The Morgan fingerprint density at radius 2 is 2.15 bits per heavy atom. The van der Waals surface area contributed by atoms with Crippen LogP contribution in [0.25, 0.3) is 0 Å². The van der Waals surface area contributed by atoms with E-state index in [9.17, 15) is 14.4 Å². The summed E-state index contributed by atoms with van der Waals surface area (Å²) in [6, 6.07) is -1.56. The molecule has 0 radical (unpaired) electrons. The molecule has 0 unspecified atom stereocenters. The lowest BCUT2D eigenvalue weighted by atomic mass is 10.2. The third-order valence-electron chi connectivity index (χ3n) is 1.53. The predicted molar refractivity (Wildman–Crippen MR) is 42.3 cm³/mol. The van der Waals surface area contributed by atoms with Crippen LogP contribution in [0.4, 0.5) is 4.79 Å². The molecule has 1 aliphatic rings. The maximum Gasteiger partial charge on any atom is 0.322 e. The van der Waals surface area contributed by atoms with Gasteiger partial charge in [0.05, 0.1) is 0 Å². The Morgan fingerprint density at radius 3 is 2.62 bits per heavy atom. The van der Waals surface area contributed by atoms with Gasteiger partial charge in [0.1, 0.15) is 12.2 Å². The second kappa shape index (κ2) is 3.40. The zero-order valence-electron chi connectivity index (χ0n) is 6.96. The summed E-state index contributed by atoms with van der Waals surface area (Å²) >= 11 is 0. The molecule has 0 aliphatic carbocycles. The highest BCUT2D eigenvalue weighted by Gasteiger charge is 2.33. The summed E-state index contributed by atoms with van der Waals surface area (Å²) in [6.45, 7) is 1.26. The van der Waals surface area contributed by atoms with Crippen molar-refractivity contribution in [2.75, 3.05) is 0 Å². The second-order valence-corrected chi connectivity index (χ2v) is 2.67. The maximum atomic E-state index is 11.1. The molecule has 4 amide bonds. The summed E-state index contributed by atoms with van der Waals surface area (Å²) in [5.41, 5.74) is 5.40. The van der Waals surface area contributed by atoms with Crippen LogP contribution >= 0.6 is 0 Å². The van der Waals surface area contributed by atoms with Crippen molar-refractivity contribution in [1.29, 1.82) is 0 Å². The number of nitrogens with one attached hydrogen (secondary N) is 3. The molecule has 13 heavy (non-hydrogen) atoms. The molecule has 7 nitrogen and oxygen atoms in total. The fourth-order valence-electron chi connectivity index (χ4n) is 0.998. The van der Waals surface area contributed by atoms with E-state index >= 15 is 0 Å². The molecule has 1 rings (SSSR count). The summed E-state index contributed by atoms with van der Waals surface area (Å²) in [7, 11) is 0. The lowest BCUT2D eigenvalue weighted by molar-refractivity contribution is -0.128. The number of amides is 4. The van der Waals surface area contributed by atoms with Crippen LogP contribution in [0.3, 0.4) is 0 Å². The Labute approximate surface area is 74.0 Å². The van der Waals surface area contributed by atoms with Crippen molar-refractivity contribution in [2.45, 2.75) is 19.1 Å². The lowest BCUT2D eigenvalue weighted by Crippen LogP contribution is -2.69. The van der Waals surface area contributed by atoms with Gasteiger partial charge in [0.15, 0.2) is 0 Å². The molecule has 1 aliphatic heterocycles. The summed E-state index contributed by atoms with van der Waals surface area (Å²) in [6.07, 6.45) is -0.884. The first-order chi connectivity index (χ1) is 6.00. The van der Waals surface area contributed by atoms with Crippen LogP contribution in [-0.4, -0.2) is 30.1 Å². The van der Waals surface area contributed by atoms with Gasteiger partial charge in [-0.1, -0.05) is 0 Å². The Morgan fingerprint density at radius 1 is 1.54 bits per heavy atom. The molecule has 0 bridgehead atoms. The standard InChI is InChI=1S/C6H10N4O3/c1-2(11)8-3-4(7)9-6(13)10-5(3)12/h3-4H,7H2,1H3,(H,8,11)(H2,9,10,12,13)/t3-,4-/m1/s1. The Hall–Kier alpha value is -1.63. The average molecular weight is 186 g/mol. The maximum absolute atomic E-state index is 11.1. The normalized spacial score (nSPS) is 27.5. The molecule has 0 aromatic heterocycles. The molecular formula is C6H10N4O3. The third kappa shape index (κ3) is 2.15. The fourth-order valence-corrected chi connectivity index (χ4v) is 0.998. The number of nitrogens with two attached hydrogens (primary N) is 1. The van der Waals surface area contributed by atoms with Crippen molar-refractivity contribution < 1.29 is 14.4 Å². The van der Waals surface area contributed by atoms with Crippen molar-refractivity contribution >= 4 is 17.8 Å². The number of rotatable bonds is 1. The molecule has 72 valence electrons. The van der Waals surface area contributed by atoms with Gasteiger partial charge in [0.2, 0.25) is 5.91 Å². The van der Waals surface area contributed by atoms with Gasteiger partial charge < -0.3 is 16.4 Å². The van der Waals surface area contributed by atoms with Crippen molar-refractivity contribution in [3.63, 3.8) is 0 Å². The molecule has 1 saturated heterocycles. The topological polar surface area (TPSA) is 113 Å².